The minimum Gasteiger partial charge on any atom is -0.312 e. The Morgan fingerprint density at radius 3 is 2.50 bits per heavy atom. The van der Waals surface area contributed by atoms with Crippen molar-refractivity contribution in [2.24, 2.45) is 0 Å². The van der Waals surface area contributed by atoms with E-state index >= 15 is 0 Å². The number of benzene rings is 2. The van der Waals surface area contributed by atoms with Crippen LogP contribution in [0.5, 0.6) is 0 Å². The lowest BCUT2D eigenvalue weighted by Gasteiger charge is -2.16. The monoisotopic (exact) mass is 371 g/mol. The summed E-state index contributed by atoms with van der Waals surface area (Å²) in [6.45, 7) is 2.24. The Hall–Kier alpha value is -2.38. The third-order valence-electron chi connectivity index (χ3n) is 4.92. The van der Waals surface area contributed by atoms with E-state index in [1.165, 1.54) is 0 Å². The molecule has 0 aromatic heterocycles. The molecule has 0 bridgehead atoms. The summed E-state index contributed by atoms with van der Waals surface area (Å²) in [6.07, 6.45) is 1.39. The van der Waals surface area contributed by atoms with E-state index < -0.39 is 10.0 Å². The van der Waals surface area contributed by atoms with Gasteiger partial charge < -0.3 is 4.90 Å². The highest BCUT2D eigenvalue weighted by Crippen LogP contribution is 2.30. The summed E-state index contributed by atoms with van der Waals surface area (Å²) in [5.41, 5.74) is 3.55. The van der Waals surface area contributed by atoms with Gasteiger partial charge in [0.05, 0.1) is 10.6 Å². The number of rotatable bonds is 4. The molecule has 1 saturated heterocycles. The van der Waals surface area contributed by atoms with E-state index in [2.05, 4.69) is 9.62 Å². The number of anilines is 2. The smallest absolute Gasteiger partial charge is 0.261 e. The highest BCUT2D eigenvalue weighted by molar-refractivity contribution is 7.92. The predicted molar refractivity (Wildman–Crippen MR) is 100 cm³/mol. The third kappa shape index (κ3) is 3.08. The first-order valence-electron chi connectivity index (χ1n) is 8.66. The molecule has 2 aliphatic rings. The summed E-state index contributed by atoms with van der Waals surface area (Å²) in [5.74, 6) is 0.0858. The van der Waals surface area contributed by atoms with Crippen LogP contribution >= 0.6 is 0 Å². The normalized spacial score (nSPS) is 17.6. The van der Waals surface area contributed by atoms with Gasteiger partial charge in [0.2, 0.25) is 5.91 Å². The standard InChI is InChI=1S/C19H21N3O3S/c1-21-12-14-4-2-5-18(17(14)13-21)20-26(24,25)16-9-7-15(8-10-16)22-11-3-6-19(22)23/h2,4-5,7-10,20H,3,6,11-13H2,1H3. The summed E-state index contributed by atoms with van der Waals surface area (Å²) in [7, 11) is -1.67. The fraction of sp³-hybridized carbons (Fsp3) is 0.316. The molecule has 0 radical (unpaired) electrons. The van der Waals surface area contributed by atoms with Crippen LogP contribution in [0.4, 0.5) is 11.4 Å². The van der Waals surface area contributed by atoms with E-state index in [-0.39, 0.29) is 10.8 Å². The number of nitrogens with one attached hydrogen (secondary N) is 1. The van der Waals surface area contributed by atoms with Crippen LogP contribution in [0, 0.1) is 0 Å². The van der Waals surface area contributed by atoms with E-state index in [9.17, 15) is 13.2 Å². The first-order valence-corrected chi connectivity index (χ1v) is 10.1. The van der Waals surface area contributed by atoms with Crippen LogP contribution in [0.1, 0.15) is 24.0 Å². The molecule has 2 aliphatic heterocycles. The lowest BCUT2D eigenvalue weighted by molar-refractivity contribution is -0.117. The number of fused-ring (bicyclic) bond motifs is 1. The molecule has 0 spiro atoms. The Balaban J connectivity index is 1.58. The number of hydrogen-bond donors (Lipinski definition) is 1. The third-order valence-corrected chi connectivity index (χ3v) is 6.30. The average Bonchev–Trinajstić information content (AvgIpc) is 3.20. The van der Waals surface area contributed by atoms with E-state index in [4.69, 9.17) is 0 Å². The molecule has 6 nitrogen and oxygen atoms in total. The van der Waals surface area contributed by atoms with Crippen LogP contribution in [0.2, 0.25) is 0 Å². The second-order valence-corrected chi connectivity index (χ2v) is 8.55. The van der Waals surface area contributed by atoms with Crippen LogP contribution in [-0.2, 0) is 27.9 Å². The molecule has 2 aromatic carbocycles. The van der Waals surface area contributed by atoms with Crippen molar-refractivity contribution in [3.05, 3.63) is 53.6 Å². The molecule has 136 valence electrons. The molecule has 1 amide bonds. The number of amides is 1. The molecule has 1 N–H and O–H groups in total. The second kappa shape index (κ2) is 6.41. The van der Waals surface area contributed by atoms with Crippen molar-refractivity contribution in [2.75, 3.05) is 23.2 Å². The Bertz CT molecular complexity index is 954. The van der Waals surface area contributed by atoms with Crippen molar-refractivity contribution in [2.45, 2.75) is 30.8 Å². The molecule has 0 saturated carbocycles. The summed E-state index contributed by atoms with van der Waals surface area (Å²) < 4.78 is 28.3. The van der Waals surface area contributed by atoms with Gasteiger partial charge in [-0.2, -0.15) is 0 Å². The van der Waals surface area contributed by atoms with Crippen molar-refractivity contribution in [3.63, 3.8) is 0 Å². The molecule has 26 heavy (non-hydrogen) atoms. The molecule has 0 unspecified atom stereocenters. The van der Waals surface area contributed by atoms with Crippen LogP contribution in [0.15, 0.2) is 47.4 Å². The molecule has 1 fully saturated rings. The van der Waals surface area contributed by atoms with Crippen molar-refractivity contribution in [1.82, 2.24) is 4.90 Å². The highest BCUT2D eigenvalue weighted by atomic mass is 32.2. The zero-order chi connectivity index (χ0) is 18.3. The Labute approximate surface area is 153 Å². The van der Waals surface area contributed by atoms with Crippen molar-refractivity contribution < 1.29 is 13.2 Å². The zero-order valence-electron chi connectivity index (χ0n) is 14.6. The molecule has 4 rings (SSSR count). The number of nitrogens with zero attached hydrogens (tertiary/aromatic N) is 2. The minimum absolute atomic E-state index is 0.0858. The summed E-state index contributed by atoms with van der Waals surface area (Å²) in [4.78, 5) is 15.9. The first-order chi connectivity index (χ1) is 12.4. The molecule has 2 aromatic rings. The number of hydrogen-bond acceptors (Lipinski definition) is 4. The van der Waals surface area contributed by atoms with Gasteiger partial charge in [-0.25, -0.2) is 8.42 Å². The maximum Gasteiger partial charge on any atom is 0.261 e. The van der Waals surface area contributed by atoms with Gasteiger partial charge >= 0.3 is 0 Å². The number of sulfonamides is 1. The lowest BCUT2D eigenvalue weighted by atomic mass is 10.1. The van der Waals surface area contributed by atoms with E-state index in [0.29, 0.717) is 18.7 Å². The topological polar surface area (TPSA) is 69.7 Å². The van der Waals surface area contributed by atoms with Crippen LogP contribution in [0.3, 0.4) is 0 Å². The van der Waals surface area contributed by atoms with Gasteiger partial charge in [-0.05, 0) is 54.9 Å². The van der Waals surface area contributed by atoms with Crippen molar-refractivity contribution in [1.29, 1.82) is 0 Å². The number of carbonyl (C=O) groups is 1. The molecule has 7 heteroatoms. The first kappa shape index (κ1) is 17.1. The van der Waals surface area contributed by atoms with Gasteiger partial charge in [0, 0.05) is 31.7 Å². The van der Waals surface area contributed by atoms with Gasteiger partial charge in [0.1, 0.15) is 0 Å². The Morgan fingerprint density at radius 2 is 1.81 bits per heavy atom. The quantitative estimate of drug-likeness (QED) is 0.897. The average molecular weight is 371 g/mol. The van der Waals surface area contributed by atoms with E-state index in [0.717, 1.165) is 36.3 Å². The van der Waals surface area contributed by atoms with Gasteiger partial charge in [-0.1, -0.05) is 12.1 Å². The molecule has 2 heterocycles. The van der Waals surface area contributed by atoms with Crippen LogP contribution in [0.25, 0.3) is 0 Å². The van der Waals surface area contributed by atoms with Crippen molar-refractivity contribution >= 4 is 27.3 Å². The highest BCUT2D eigenvalue weighted by Gasteiger charge is 2.24. The fourth-order valence-corrected chi connectivity index (χ4v) is 4.70. The van der Waals surface area contributed by atoms with E-state index in [1.54, 1.807) is 35.2 Å². The summed E-state index contributed by atoms with van der Waals surface area (Å²) >= 11 is 0. The molecular weight excluding hydrogens is 350 g/mol. The van der Waals surface area contributed by atoms with Crippen LogP contribution < -0.4 is 9.62 Å². The molecule has 0 aliphatic carbocycles. The van der Waals surface area contributed by atoms with Gasteiger partial charge in [0.15, 0.2) is 0 Å². The van der Waals surface area contributed by atoms with Gasteiger partial charge in [-0.15, -0.1) is 0 Å². The Kier molecular flexibility index (Phi) is 4.20. The second-order valence-electron chi connectivity index (χ2n) is 6.86. The van der Waals surface area contributed by atoms with Crippen LogP contribution in [-0.4, -0.2) is 32.8 Å². The largest absolute Gasteiger partial charge is 0.312 e. The SMILES string of the molecule is CN1Cc2cccc(NS(=O)(=O)c3ccc(N4CCCC4=O)cc3)c2C1. The maximum atomic E-state index is 12.8. The van der Waals surface area contributed by atoms with Crippen molar-refractivity contribution in [3.8, 4) is 0 Å². The minimum atomic E-state index is -3.68. The van der Waals surface area contributed by atoms with E-state index in [1.807, 2.05) is 19.2 Å². The predicted octanol–water partition coefficient (Wildman–Crippen LogP) is 2.56. The molecular formula is C19H21N3O3S. The van der Waals surface area contributed by atoms with Gasteiger partial charge in [0.25, 0.3) is 10.0 Å². The summed E-state index contributed by atoms with van der Waals surface area (Å²) in [6, 6.07) is 12.2. The Morgan fingerprint density at radius 1 is 1.04 bits per heavy atom. The van der Waals surface area contributed by atoms with Gasteiger partial charge in [-0.3, -0.25) is 14.4 Å². The fourth-order valence-electron chi connectivity index (χ4n) is 3.61. The maximum absolute atomic E-state index is 12.8. The molecule has 0 atom stereocenters. The number of carbonyl (C=O) groups excluding carboxylic acids is 1. The zero-order valence-corrected chi connectivity index (χ0v) is 15.4. The lowest BCUT2D eigenvalue weighted by Crippen LogP contribution is -2.23. The summed E-state index contributed by atoms with van der Waals surface area (Å²) in [5, 5.41) is 0.